The molecule has 0 saturated heterocycles. The van der Waals surface area contributed by atoms with Crippen LogP contribution in [0.2, 0.25) is 0 Å². The predicted molar refractivity (Wildman–Crippen MR) is 84.1 cm³/mol. The molecule has 0 heteroatoms. The maximum absolute atomic E-state index is 2.36. The molecule has 19 heavy (non-hydrogen) atoms. The molecule has 0 saturated carbocycles. The second-order valence-electron chi connectivity index (χ2n) is 5.46. The second-order valence-corrected chi connectivity index (χ2v) is 5.46. The quantitative estimate of drug-likeness (QED) is 0.591. The van der Waals surface area contributed by atoms with Gasteiger partial charge < -0.3 is 0 Å². The first-order valence-electron chi connectivity index (χ1n) is 7.45. The van der Waals surface area contributed by atoms with Crippen molar-refractivity contribution in [3.8, 4) is 0 Å². The highest BCUT2D eigenvalue weighted by Gasteiger charge is 2.18. The van der Waals surface area contributed by atoms with Crippen molar-refractivity contribution in [2.24, 2.45) is 0 Å². The van der Waals surface area contributed by atoms with E-state index in [9.17, 15) is 0 Å². The molecule has 0 amide bonds. The van der Waals surface area contributed by atoms with Crippen molar-refractivity contribution in [2.45, 2.75) is 39.0 Å². The molecular weight excluding hydrogens is 228 g/mol. The van der Waals surface area contributed by atoms with Crippen LogP contribution in [0.1, 0.15) is 50.2 Å². The van der Waals surface area contributed by atoms with E-state index in [1.165, 1.54) is 59.9 Å². The summed E-state index contributed by atoms with van der Waals surface area (Å²) in [6.45, 7) is 2.27. The summed E-state index contributed by atoms with van der Waals surface area (Å²) >= 11 is 0. The van der Waals surface area contributed by atoms with Gasteiger partial charge in [0.05, 0.1) is 0 Å². The van der Waals surface area contributed by atoms with Crippen LogP contribution in [-0.2, 0) is 0 Å². The third-order valence-electron chi connectivity index (χ3n) is 4.03. The summed E-state index contributed by atoms with van der Waals surface area (Å²) < 4.78 is 0. The zero-order valence-electron chi connectivity index (χ0n) is 11.7. The number of hydrogen-bond acceptors (Lipinski definition) is 0. The van der Waals surface area contributed by atoms with E-state index < -0.39 is 0 Å². The molecule has 0 atom stereocenters. The van der Waals surface area contributed by atoms with Gasteiger partial charge in [-0.15, -0.1) is 0 Å². The highest BCUT2D eigenvalue weighted by atomic mass is 14.2. The van der Waals surface area contributed by atoms with E-state index in [2.05, 4.69) is 55.5 Å². The van der Waals surface area contributed by atoms with Crippen LogP contribution in [0.3, 0.4) is 0 Å². The SMILES string of the molecule is CCCCCC[C]1C=Cc2cc3ccccc3cc21. The molecule has 2 aromatic carbocycles. The summed E-state index contributed by atoms with van der Waals surface area (Å²) in [5.41, 5.74) is 2.85. The van der Waals surface area contributed by atoms with E-state index in [1.807, 2.05) is 0 Å². The molecule has 0 aliphatic heterocycles. The fraction of sp³-hybridized carbons (Fsp3) is 0.316. The van der Waals surface area contributed by atoms with Gasteiger partial charge in [-0.2, -0.15) is 0 Å². The number of hydrogen-bond donors (Lipinski definition) is 0. The van der Waals surface area contributed by atoms with Crippen molar-refractivity contribution in [3.05, 3.63) is 59.5 Å². The van der Waals surface area contributed by atoms with Gasteiger partial charge in [0.25, 0.3) is 0 Å². The van der Waals surface area contributed by atoms with Crippen LogP contribution < -0.4 is 0 Å². The minimum absolute atomic E-state index is 1.22. The van der Waals surface area contributed by atoms with Gasteiger partial charge in [0.15, 0.2) is 0 Å². The molecule has 0 fully saturated rings. The van der Waals surface area contributed by atoms with E-state index >= 15 is 0 Å². The third kappa shape index (κ3) is 2.58. The largest absolute Gasteiger partial charge is 0.0721 e. The molecule has 0 N–H and O–H groups in total. The summed E-state index contributed by atoms with van der Waals surface area (Å²) in [6.07, 6.45) is 11.2. The minimum Gasteiger partial charge on any atom is -0.0721 e. The lowest BCUT2D eigenvalue weighted by molar-refractivity contribution is 0.654. The summed E-state index contributed by atoms with van der Waals surface area (Å²) in [5, 5.41) is 2.70. The predicted octanol–water partition coefficient (Wildman–Crippen LogP) is 5.76. The highest BCUT2D eigenvalue weighted by molar-refractivity contribution is 5.88. The molecule has 1 radical (unpaired) electrons. The van der Waals surface area contributed by atoms with Crippen molar-refractivity contribution in [3.63, 3.8) is 0 Å². The normalized spacial score (nSPS) is 14.2. The standard InChI is InChI=1S/C19H21/c1-2-3-4-5-8-15-11-12-18-13-16-9-6-7-10-17(16)14-19(15)18/h6-7,9-14H,2-5,8H2,1H3. The maximum Gasteiger partial charge on any atom is 0.0273 e. The van der Waals surface area contributed by atoms with Crippen molar-refractivity contribution in [1.29, 1.82) is 0 Å². The number of benzene rings is 2. The highest BCUT2D eigenvalue weighted by Crippen LogP contribution is 2.35. The van der Waals surface area contributed by atoms with Gasteiger partial charge in [-0.25, -0.2) is 0 Å². The summed E-state index contributed by atoms with van der Waals surface area (Å²) in [4.78, 5) is 0. The van der Waals surface area contributed by atoms with Gasteiger partial charge in [0.2, 0.25) is 0 Å². The molecule has 97 valence electrons. The third-order valence-corrected chi connectivity index (χ3v) is 4.03. The van der Waals surface area contributed by atoms with Gasteiger partial charge in [0.1, 0.15) is 0 Å². The van der Waals surface area contributed by atoms with Crippen molar-refractivity contribution in [2.75, 3.05) is 0 Å². The van der Waals surface area contributed by atoms with Crippen molar-refractivity contribution in [1.82, 2.24) is 0 Å². The van der Waals surface area contributed by atoms with E-state index in [0.717, 1.165) is 0 Å². The molecule has 3 rings (SSSR count). The minimum atomic E-state index is 1.22. The van der Waals surface area contributed by atoms with Crippen LogP contribution in [0.4, 0.5) is 0 Å². The van der Waals surface area contributed by atoms with Crippen molar-refractivity contribution < 1.29 is 0 Å². The number of unbranched alkanes of at least 4 members (excludes halogenated alkanes) is 3. The van der Waals surface area contributed by atoms with E-state index in [-0.39, 0.29) is 0 Å². The molecule has 0 bridgehead atoms. The number of rotatable bonds is 5. The lowest BCUT2D eigenvalue weighted by Gasteiger charge is -2.11. The molecule has 0 aromatic heterocycles. The zero-order valence-corrected chi connectivity index (χ0v) is 11.7. The molecule has 0 unspecified atom stereocenters. The summed E-state index contributed by atoms with van der Waals surface area (Å²) in [6, 6.07) is 13.3. The topological polar surface area (TPSA) is 0 Å². The van der Waals surface area contributed by atoms with Crippen LogP contribution in [0.15, 0.2) is 42.5 Å². The van der Waals surface area contributed by atoms with Crippen molar-refractivity contribution >= 4 is 16.8 Å². The Kier molecular flexibility index (Phi) is 3.68. The lowest BCUT2D eigenvalue weighted by atomic mass is 9.92. The summed E-state index contributed by atoms with van der Waals surface area (Å²) in [5.74, 6) is 1.52. The fourth-order valence-corrected chi connectivity index (χ4v) is 2.91. The molecule has 0 heterocycles. The summed E-state index contributed by atoms with van der Waals surface area (Å²) in [7, 11) is 0. The molecular formula is C19H21. The first-order valence-corrected chi connectivity index (χ1v) is 7.45. The van der Waals surface area contributed by atoms with Crippen LogP contribution in [0.25, 0.3) is 16.8 Å². The average molecular weight is 249 g/mol. The Morgan fingerprint density at radius 1 is 0.842 bits per heavy atom. The Morgan fingerprint density at radius 3 is 2.42 bits per heavy atom. The van der Waals surface area contributed by atoms with Crippen LogP contribution in [0.5, 0.6) is 0 Å². The molecule has 0 spiro atoms. The van der Waals surface area contributed by atoms with Gasteiger partial charge in [0, 0.05) is 5.92 Å². The maximum atomic E-state index is 2.36. The Bertz CT molecular complexity index is 592. The zero-order chi connectivity index (χ0) is 13.1. The van der Waals surface area contributed by atoms with Crippen LogP contribution in [-0.4, -0.2) is 0 Å². The fourth-order valence-electron chi connectivity index (χ4n) is 2.91. The van der Waals surface area contributed by atoms with Crippen LogP contribution >= 0.6 is 0 Å². The smallest absolute Gasteiger partial charge is 0.0273 e. The van der Waals surface area contributed by atoms with E-state index in [4.69, 9.17) is 0 Å². The first kappa shape index (κ1) is 12.5. The monoisotopic (exact) mass is 249 g/mol. The second kappa shape index (κ2) is 5.61. The lowest BCUT2D eigenvalue weighted by Crippen LogP contribution is -1.95. The van der Waals surface area contributed by atoms with E-state index in [1.54, 1.807) is 0 Å². The van der Waals surface area contributed by atoms with Gasteiger partial charge in [-0.1, -0.05) is 69.0 Å². The first-order chi connectivity index (χ1) is 9.38. The van der Waals surface area contributed by atoms with Gasteiger partial charge in [-0.3, -0.25) is 0 Å². The molecule has 1 aliphatic rings. The van der Waals surface area contributed by atoms with Gasteiger partial charge >= 0.3 is 0 Å². The average Bonchev–Trinajstić information content (AvgIpc) is 2.83. The molecule has 1 aliphatic carbocycles. The molecule has 2 aromatic rings. The Morgan fingerprint density at radius 2 is 1.63 bits per heavy atom. The number of allylic oxidation sites excluding steroid dienone is 1. The number of fused-ring (bicyclic) bond motifs is 2. The van der Waals surface area contributed by atoms with Gasteiger partial charge in [-0.05, 0) is 40.5 Å². The van der Waals surface area contributed by atoms with Crippen LogP contribution in [0, 0.1) is 5.92 Å². The Hall–Kier alpha value is -1.56. The Labute approximate surface area is 116 Å². The molecule has 0 nitrogen and oxygen atoms in total. The Balaban J connectivity index is 1.79. The van der Waals surface area contributed by atoms with E-state index in [0.29, 0.717) is 0 Å².